The lowest BCUT2D eigenvalue weighted by Gasteiger charge is -2.11. The Labute approximate surface area is 123 Å². The van der Waals surface area contributed by atoms with Crippen LogP contribution in [-0.4, -0.2) is 14.8 Å². The summed E-state index contributed by atoms with van der Waals surface area (Å²) >= 11 is 13.5. The van der Waals surface area contributed by atoms with E-state index < -0.39 is 0 Å². The van der Waals surface area contributed by atoms with E-state index in [-0.39, 0.29) is 0 Å². The Morgan fingerprint density at radius 2 is 2.18 bits per heavy atom. The maximum absolute atomic E-state index is 5.96. The summed E-state index contributed by atoms with van der Waals surface area (Å²) in [6.45, 7) is 4.18. The summed E-state index contributed by atoms with van der Waals surface area (Å²) in [4.78, 5) is 0. The second-order valence-corrected chi connectivity index (χ2v) is 5.96. The van der Waals surface area contributed by atoms with Crippen LogP contribution in [0, 0.1) is 8.34 Å². The molecule has 0 aliphatic carbocycles. The molecular formula is C11H11ClIN3S. The van der Waals surface area contributed by atoms with Crippen LogP contribution in [0.4, 0.5) is 0 Å². The zero-order chi connectivity index (χ0) is 12.6. The van der Waals surface area contributed by atoms with E-state index in [1.54, 1.807) is 0 Å². The average Bonchev–Trinajstić information content (AvgIpc) is 2.60. The van der Waals surface area contributed by atoms with Crippen molar-refractivity contribution in [3.8, 4) is 5.69 Å². The molecule has 1 N–H and O–H groups in total. The van der Waals surface area contributed by atoms with Crippen molar-refractivity contribution in [3.05, 3.63) is 37.4 Å². The Morgan fingerprint density at radius 1 is 1.47 bits per heavy atom. The van der Waals surface area contributed by atoms with Crippen LogP contribution < -0.4 is 0 Å². The molecule has 0 aliphatic rings. The summed E-state index contributed by atoms with van der Waals surface area (Å²) in [5.41, 5.74) is 1.01. The van der Waals surface area contributed by atoms with Gasteiger partial charge in [-0.1, -0.05) is 25.4 Å². The van der Waals surface area contributed by atoms with E-state index in [1.165, 1.54) is 0 Å². The molecule has 1 aromatic heterocycles. The van der Waals surface area contributed by atoms with Crippen LogP contribution in [0.3, 0.4) is 0 Å². The molecule has 1 aromatic carbocycles. The molecule has 0 saturated carbocycles. The lowest BCUT2D eigenvalue weighted by atomic mass is 10.2. The lowest BCUT2D eigenvalue weighted by molar-refractivity contribution is 0.743. The minimum absolute atomic E-state index is 0.300. The fourth-order valence-corrected chi connectivity index (χ4v) is 2.94. The molecular weight excluding hydrogens is 369 g/mol. The molecule has 0 aliphatic heterocycles. The molecule has 0 bridgehead atoms. The van der Waals surface area contributed by atoms with Crippen LogP contribution >= 0.6 is 46.4 Å². The van der Waals surface area contributed by atoms with E-state index in [1.807, 2.05) is 22.8 Å². The number of nitrogens with one attached hydrogen (secondary N) is 1. The second kappa shape index (κ2) is 5.07. The van der Waals surface area contributed by atoms with Gasteiger partial charge in [-0.2, -0.15) is 5.10 Å². The molecule has 0 radical (unpaired) electrons. The number of aromatic amines is 1. The van der Waals surface area contributed by atoms with Gasteiger partial charge >= 0.3 is 0 Å². The van der Waals surface area contributed by atoms with E-state index in [0.717, 1.165) is 20.1 Å². The highest BCUT2D eigenvalue weighted by Gasteiger charge is 2.13. The standard InChI is InChI=1S/C11H11ClIN3S/c1-6(2)10-14-15-11(17)16(10)9-4-3-7(12)5-8(9)13/h3-6H,1-2H3,(H,15,17). The number of rotatable bonds is 2. The molecule has 0 atom stereocenters. The third-order valence-electron chi connectivity index (χ3n) is 2.37. The zero-order valence-corrected chi connectivity index (χ0v) is 13.1. The Balaban J connectivity index is 2.68. The Hall–Kier alpha value is -0.400. The number of halogens is 2. The predicted octanol–water partition coefficient (Wildman–Crippen LogP) is 4.31. The number of aromatic nitrogens is 3. The fraction of sp³-hybridized carbons (Fsp3) is 0.273. The molecule has 90 valence electrons. The topological polar surface area (TPSA) is 33.6 Å². The summed E-state index contributed by atoms with van der Waals surface area (Å²) in [6, 6.07) is 5.73. The van der Waals surface area contributed by atoms with Gasteiger partial charge in [-0.15, -0.1) is 0 Å². The summed E-state index contributed by atoms with van der Waals surface area (Å²) in [6.07, 6.45) is 0. The first kappa shape index (κ1) is 13.0. The Kier molecular flexibility index (Phi) is 3.89. The molecule has 6 heteroatoms. The predicted molar refractivity (Wildman–Crippen MR) is 80.6 cm³/mol. The molecule has 0 amide bonds. The summed E-state index contributed by atoms with van der Waals surface area (Å²) in [5.74, 6) is 1.23. The molecule has 3 nitrogen and oxygen atoms in total. The first-order chi connectivity index (χ1) is 8.00. The first-order valence-corrected chi connectivity index (χ1v) is 7.00. The van der Waals surface area contributed by atoms with Gasteiger partial charge in [-0.3, -0.25) is 9.67 Å². The highest BCUT2D eigenvalue weighted by Crippen LogP contribution is 2.24. The van der Waals surface area contributed by atoms with Gasteiger partial charge in [0.15, 0.2) is 4.77 Å². The van der Waals surface area contributed by atoms with Gasteiger partial charge in [0, 0.05) is 14.5 Å². The van der Waals surface area contributed by atoms with Crippen molar-refractivity contribution in [2.75, 3.05) is 0 Å². The molecule has 0 unspecified atom stereocenters. The fourth-order valence-electron chi connectivity index (χ4n) is 1.59. The molecule has 2 rings (SSSR count). The van der Waals surface area contributed by atoms with Crippen molar-refractivity contribution in [3.63, 3.8) is 0 Å². The van der Waals surface area contributed by atoms with Crippen molar-refractivity contribution in [2.24, 2.45) is 0 Å². The van der Waals surface area contributed by atoms with Crippen LogP contribution in [0.1, 0.15) is 25.6 Å². The number of H-pyrrole nitrogens is 1. The average molecular weight is 380 g/mol. The van der Waals surface area contributed by atoms with Crippen LogP contribution in [0.25, 0.3) is 5.69 Å². The highest BCUT2D eigenvalue weighted by molar-refractivity contribution is 14.1. The van der Waals surface area contributed by atoms with Gasteiger partial charge in [-0.05, 0) is 53.0 Å². The van der Waals surface area contributed by atoms with E-state index in [4.69, 9.17) is 23.8 Å². The normalized spacial score (nSPS) is 11.1. The van der Waals surface area contributed by atoms with Gasteiger partial charge in [0.1, 0.15) is 5.82 Å². The summed E-state index contributed by atoms with van der Waals surface area (Å²) < 4.78 is 3.61. The van der Waals surface area contributed by atoms with Gasteiger partial charge < -0.3 is 0 Å². The van der Waals surface area contributed by atoms with E-state index in [0.29, 0.717) is 10.7 Å². The van der Waals surface area contributed by atoms with E-state index in [2.05, 4.69) is 46.6 Å². The molecule has 1 heterocycles. The first-order valence-electron chi connectivity index (χ1n) is 5.13. The maximum atomic E-state index is 5.96. The molecule has 17 heavy (non-hydrogen) atoms. The van der Waals surface area contributed by atoms with Crippen molar-refractivity contribution in [1.29, 1.82) is 0 Å². The molecule has 0 spiro atoms. The van der Waals surface area contributed by atoms with Crippen molar-refractivity contribution < 1.29 is 0 Å². The number of nitrogens with zero attached hydrogens (tertiary/aromatic N) is 2. The smallest absolute Gasteiger partial charge is 0.199 e. The molecule has 2 aromatic rings. The summed E-state index contributed by atoms with van der Waals surface area (Å²) in [7, 11) is 0. The monoisotopic (exact) mass is 379 g/mol. The minimum atomic E-state index is 0.300. The van der Waals surface area contributed by atoms with Crippen LogP contribution in [0.15, 0.2) is 18.2 Å². The zero-order valence-electron chi connectivity index (χ0n) is 9.37. The third-order valence-corrected chi connectivity index (χ3v) is 3.74. The lowest BCUT2D eigenvalue weighted by Crippen LogP contribution is -2.04. The SMILES string of the molecule is CC(C)c1n[nH]c(=S)n1-c1ccc(Cl)cc1I. The quantitative estimate of drug-likeness (QED) is 0.623. The Morgan fingerprint density at radius 3 is 2.76 bits per heavy atom. The number of hydrogen-bond acceptors (Lipinski definition) is 2. The minimum Gasteiger partial charge on any atom is -0.271 e. The van der Waals surface area contributed by atoms with Crippen molar-refractivity contribution in [1.82, 2.24) is 14.8 Å². The number of hydrogen-bond donors (Lipinski definition) is 1. The van der Waals surface area contributed by atoms with E-state index in [9.17, 15) is 0 Å². The molecule has 0 saturated heterocycles. The van der Waals surface area contributed by atoms with Crippen LogP contribution in [-0.2, 0) is 0 Å². The Bertz CT molecular complexity index is 603. The van der Waals surface area contributed by atoms with Crippen LogP contribution in [0.5, 0.6) is 0 Å². The van der Waals surface area contributed by atoms with Gasteiger partial charge in [0.2, 0.25) is 0 Å². The van der Waals surface area contributed by atoms with Crippen LogP contribution in [0.2, 0.25) is 5.02 Å². The summed E-state index contributed by atoms with van der Waals surface area (Å²) in [5, 5.41) is 7.82. The third kappa shape index (κ3) is 2.56. The van der Waals surface area contributed by atoms with Gasteiger partial charge in [0.25, 0.3) is 0 Å². The largest absolute Gasteiger partial charge is 0.271 e. The van der Waals surface area contributed by atoms with Gasteiger partial charge in [0.05, 0.1) is 5.69 Å². The van der Waals surface area contributed by atoms with E-state index >= 15 is 0 Å². The van der Waals surface area contributed by atoms with Crippen molar-refractivity contribution >= 4 is 46.4 Å². The maximum Gasteiger partial charge on any atom is 0.199 e. The second-order valence-electron chi connectivity index (χ2n) is 3.97. The highest BCUT2D eigenvalue weighted by atomic mass is 127. The van der Waals surface area contributed by atoms with Crippen molar-refractivity contribution in [2.45, 2.75) is 19.8 Å². The van der Waals surface area contributed by atoms with Gasteiger partial charge in [-0.25, -0.2) is 0 Å². The molecule has 0 fully saturated rings. The number of benzene rings is 1.